The molecule has 0 spiro atoms. The topological polar surface area (TPSA) is 61.8 Å². The van der Waals surface area contributed by atoms with Gasteiger partial charge in [-0.3, -0.25) is 14.5 Å². The van der Waals surface area contributed by atoms with E-state index < -0.39 is 0 Å². The van der Waals surface area contributed by atoms with Crippen LogP contribution in [0, 0.1) is 11.8 Å². The lowest BCUT2D eigenvalue weighted by molar-refractivity contribution is -0.131. The number of rotatable bonds is 9. The van der Waals surface area contributed by atoms with Crippen molar-refractivity contribution in [3.63, 3.8) is 0 Å². The molecule has 5 heteroatoms. The number of likely N-dealkylation sites (tertiary alicyclic amines) is 1. The maximum atomic E-state index is 13.3. The molecule has 1 saturated heterocycles. The van der Waals surface area contributed by atoms with Gasteiger partial charge in [-0.25, -0.2) is 4.99 Å². The van der Waals surface area contributed by atoms with Crippen LogP contribution in [-0.4, -0.2) is 29.6 Å². The molecule has 2 amide bonds. The van der Waals surface area contributed by atoms with Gasteiger partial charge in [-0.15, -0.1) is 0 Å². The quantitative estimate of drug-likeness (QED) is 0.382. The van der Waals surface area contributed by atoms with E-state index in [4.69, 9.17) is 4.99 Å². The molecular formula is C31H41N3O2. The van der Waals surface area contributed by atoms with Crippen LogP contribution in [0.1, 0.15) is 82.6 Å². The maximum Gasteiger partial charge on any atom is 0.247 e. The van der Waals surface area contributed by atoms with Crippen LogP contribution in [0.4, 0.5) is 5.69 Å². The van der Waals surface area contributed by atoms with Crippen molar-refractivity contribution < 1.29 is 9.59 Å². The minimum Gasteiger partial charge on any atom is -0.322 e. The van der Waals surface area contributed by atoms with Crippen LogP contribution in [0.25, 0.3) is 0 Å². The molecule has 36 heavy (non-hydrogen) atoms. The third kappa shape index (κ3) is 6.83. The molecule has 1 unspecified atom stereocenters. The van der Waals surface area contributed by atoms with E-state index in [0.717, 1.165) is 73.6 Å². The van der Waals surface area contributed by atoms with E-state index in [1.165, 1.54) is 50.2 Å². The van der Waals surface area contributed by atoms with Gasteiger partial charge in [-0.05, 0) is 80.6 Å². The Morgan fingerprint density at radius 1 is 1.11 bits per heavy atom. The summed E-state index contributed by atoms with van der Waals surface area (Å²) in [6.45, 7) is 3.54. The molecule has 1 aliphatic carbocycles. The number of hydrogen-bond acceptors (Lipinski definition) is 3. The SMILES string of the molecule is C=CC(=O)Nc1ccccc1CCCC1=CCCC=C2CC(CCC3CCCCC3)C(=O)N(C)C2=N1. The van der Waals surface area contributed by atoms with Gasteiger partial charge in [0, 0.05) is 24.4 Å². The third-order valence-electron chi connectivity index (χ3n) is 7.93. The van der Waals surface area contributed by atoms with E-state index in [9.17, 15) is 9.59 Å². The number of benzene rings is 1. The first kappa shape index (κ1) is 26.1. The highest BCUT2D eigenvalue weighted by Gasteiger charge is 2.34. The monoisotopic (exact) mass is 487 g/mol. The van der Waals surface area contributed by atoms with Gasteiger partial charge in [0.05, 0.1) is 0 Å². The maximum absolute atomic E-state index is 13.3. The Labute approximate surface area is 216 Å². The molecule has 0 radical (unpaired) electrons. The molecule has 192 valence electrons. The fourth-order valence-corrected chi connectivity index (χ4v) is 5.85. The van der Waals surface area contributed by atoms with E-state index in [1.807, 2.05) is 30.1 Å². The van der Waals surface area contributed by atoms with Crippen LogP contribution in [0.2, 0.25) is 0 Å². The average Bonchev–Trinajstić information content (AvgIpc) is 2.89. The zero-order chi connectivity index (χ0) is 25.3. The van der Waals surface area contributed by atoms with Crippen LogP contribution in [0.3, 0.4) is 0 Å². The Balaban J connectivity index is 1.38. The van der Waals surface area contributed by atoms with Gasteiger partial charge in [0.2, 0.25) is 11.8 Å². The number of carbonyl (C=O) groups excluding carboxylic acids is 2. The summed E-state index contributed by atoms with van der Waals surface area (Å²) >= 11 is 0. The summed E-state index contributed by atoms with van der Waals surface area (Å²) in [6.07, 6.45) is 20.2. The number of likely N-dealkylation sites (N-methyl/N-ethyl adjacent to an activating group) is 1. The van der Waals surface area contributed by atoms with Crippen LogP contribution in [0.15, 0.2) is 65.3 Å². The van der Waals surface area contributed by atoms with Crippen LogP contribution < -0.4 is 5.32 Å². The summed E-state index contributed by atoms with van der Waals surface area (Å²) < 4.78 is 0. The van der Waals surface area contributed by atoms with Gasteiger partial charge in [0.1, 0.15) is 5.84 Å². The number of nitrogens with one attached hydrogen (secondary N) is 1. The molecular weight excluding hydrogens is 446 g/mol. The Morgan fingerprint density at radius 2 is 1.89 bits per heavy atom. The molecule has 1 saturated carbocycles. The standard InChI is InChI=1S/C31H41N3O2/c1-3-29(35)33-28-19-10-8-14-24(28)16-11-18-27-17-9-7-15-25-22-26(31(36)34(2)30(25)32-27)21-20-23-12-5-4-6-13-23/h3,8,10,14-15,17,19,23,26H,1,4-7,9,11-13,16,18,20-22H2,2H3,(H,33,35). The first-order valence-corrected chi connectivity index (χ1v) is 13.8. The van der Waals surface area contributed by atoms with Crippen molar-refractivity contribution in [2.45, 2.75) is 83.5 Å². The van der Waals surface area contributed by atoms with Crippen molar-refractivity contribution in [2.75, 3.05) is 12.4 Å². The number of nitrogens with zero attached hydrogens (tertiary/aromatic N) is 2. The van der Waals surface area contributed by atoms with E-state index in [-0.39, 0.29) is 17.7 Å². The van der Waals surface area contributed by atoms with E-state index in [2.05, 4.69) is 30.1 Å². The molecule has 2 fully saturated rings. The molecule has 2 aliphatic heterocycles. The van der Waals surface area contributed by atoms with Crippen molar-refractivity contribution in [2.24, 2.45) is 16.8 Å². The Hall–Kier alpha value is -2.95. The predicted molar refractivity (Wildman–Crippen MR) is 148 cm³/mol. The normalized spacial score (nSPS) is 20.9. The number of allylic oxidation sites excluding steroid dienone is 3. The van der Waals surface area contributed by atoms with Gasteiger partial charge >= 0.3 is 0 Å². The molecule has 5 nitrogen and oxygen atoms in total. The van der Waals surface area contributed by atoms with Crippen LogP contribution in [0.5, 0.6) is 0 Å². The second kappa shape index (κ2) is 12.8. The third-order valence-corrected chi connectivity index (χ3v) is 7.93. The van der Waals surface area contributed by atoms with Gasteiger partial charge in [0.15, 0.2) is 0 Å². The lowest BCUT2D eigenvalue weighted by Gasteiger charge is -2.34. The summed E-state index contributed by atoms with van der Waals surface area (Å²) in [6, 6.07) is 7.91. The second-order valence-electron chi connectivity index (χ2n) is 10.5. The predicted octanol–water partition coefficient (Wildman–Crippen LogP) is 6.98. The molecule has 1 atom stereocenters. The molecule has 2 heterocycles. The fourth-order valence-electron chi connectivity index (χ4n) is 5.85. The summed E-state index contributed by atoms with van der Waals surface area (Å²) in [5.74, 6) is 1.78. The first-order valence-electron chi connectivity index (χ1n) is 13.8. The number of carbonyl (C=O) groups is 2. The van der Waals surface area contributed by atoms with E-state index in [1.54, 1.807) is 0 Å². The van der Waals surface area contributed by atoms with Crippen LogP contribution in [-0.2, 0) is 16.0 Å². The number of piperidine rings is 1. The largest absolute Gasteiger partial charge is 0.322 e. The highest BCUT2D eigenvalue weighted by Crippen LogP contribution is 2.34. The number of anilines is 1. The Bertz CT molecular complexity index is 1050. The first-order chi connectivity index (χ1) is 17.5. The zero-order valence-corrected chi connectivity index (χ0v) is 21.8. The molecule has 1 aromatic rings. The van der Waals surface area contributed by atoms with Crippen molar-refractivity contribution in [1.82, 2.24) is 4.90 Å². The van der Waals surface area contributed by atoms with Crippen molar-refractivity contribution in [1.29, 1.82) is 0 Å². The zero-order valence-electron chi connectivity index (χ0n) is 21.8. The number of aryl methyl sites for hydroxylation is 1. The van der Waals surface area contributed by atoms with Gasteiger partial charge in [-0.1, -0.05) is 69.0 Å². The van der Waals surface area contributed by atoms with E-state index in [0.29, 0.717) is 0 Å². The van der Waals surface area contributed by atoms with Gasteiger partial charge < -0.3 is 5.32 Å². The summed E-state index contributed by atoms with van der Waals surface area (Å²) in [5, 5.41) is 2.90. The summed E-state index contributed by atoms with van der Waals surface area (Å²) in [5.41, 5.74) is 4.25. The smallest absolute Gasteiger partial charge is 0.247 e. The minimum atomic E-state index is -0.196. The van der Waals surface area contributed by atoms with E-state index >= 15 is 0 Å². The molecule has 0 aromatic heterocycles. The van der Waals surface area contributed by atoms with Gasteiger partial charge in [0.25, 0.3) is 0 Å². The average molecular weight is 488 g/mol. The lowest BCUT2D eigenvalue weighted by atomic mass is 9.81. The Kier molecular flexibility index (Phi) is 9.32. The number of aliphatic imine (C=N–C) groups is 1. The Morgan fingerprint density at radius 3 is 2.69 bits per heavy atom. The number of para-hydroxylation sites is 1. The van der Waals surface area contributed by atoms with Crippen molar-refractivity contribution in [3.05, 3.63) is 65.9 Å². The molecule has 1 aromatic carbocycles. The molecule has 1 N–H and O–H groups in total. The minimum absolute atomic E-state index is 0.0938. The molecule has 0 bridgehead atoms. The van der Waals surface area contributed by atoms with Gasteiger partial charge in [-0.2, -0.15) is 0 Å². The van der Waals surface area contributed by atoms with Crippen LogP contribution >= 0.6 is 0 Å². The highest BCUT2D eigenvalue weighted by molar-refractivity contribution is 6.11. The second-order valence-corrected chi connectivity index (χ2v) is 10.5. The summed E-state index contributed by atoms with van der Waals surface area (Å²) in [4.78, 5) is 31.9. The molecule has 4 rings (SSSR count). The highest BCUT2D eigenvalue weighted by atomic mass is 16.2. The number of amidine groups is 1. The lowest BCUT2D eigenvalue weighted by Crippen LogP contribution is -2.44. The number of hydrogen-bond donors (Lipinski definition) is 1. The number of amides is 2. The van der Waals surface area contributed by atoms with Crippen molar-refractivity contribution >= 4 is 23.3 Å². The molecule has 3 aliphatic rings. The number of fused-ring (bicyclic) bond motifs is 1. The van der Waals surface area contributed by atoms with Crippen molar-refractivity contribution in [3.8, 4) is 0 Å². The fraction of sp³-hybridized carbons (Fsp3) is 0.516. The summed E-state index contributed by atoms with van der Waals surface area (Å²) in [7, 11) is 1.90.